The summed E-state index contributed by atoms with van der Waals surface area (Å²) in [6.45, 7) is 6.24. The molecule has 1 saturated heterocycles. The topological polar surface area (TPSA) is 66.0 Å². The molecule has 0 radical (unpaired) electrons. The fraction of sp³-hybridized carbons (Fsp3) is 0.583. The molecule has 3 heterocycles. The van der Waals surface area contributed by atoms with E-state index in [1.165, 1.54) is 0 Å². The lowest BCUT2D eigenvalue weighted by Gasteiger charge is -1.99. The lowest BCUT2D eigenvalue weighted by molar-refractivity contribution is 0.192. The highest BCUT2D eigenvalue weighted by molar-refractivity contribution is 5.47. The largest absolute Gasteiger partial charge is 0.381 e. The van der Waals surface area contributed by atoms with Crippen molar-refractivity contribution in [2.24, 2.45) is 0 Å². The van der Waals surface area contributed by atoms with Crippen LogP contribution < -0.4 is 0 Å². The summed E-state index contributed by atoms with van der Waals surface area (Å²) in [5, 5.41) is 8.43. The van der Waals surface area contributed by atoms with Gasteiger partial charge in [-0.15, -0.1) is 0 Å². The normalized spacial score (nSPS) is 19.6. The first kappa shape index (κ1) is 11.4. The van der Waals surface area contributed by atoms with Gasteiger partial charge in [-0.05, 0) is 26.3 Å². The third-order valence-corrected chi connectivity index (χ3v) is 3.16. The molecule has 0 bridgehead atoms. The maximum absolute atomic E-state index is 5.34. The first-order chi connectivity index (χ1) is 8.78. The van der Waals surface area contributed by atoms with Crippen molar-refractivity contribution in [2.75, 3.05) is 13.2 Å². The average Bonchev–Trinajstić information content (AvgIpc) is 3.08. The summed E-state index contributed by atoms with van der Waals surface area (Å²) in [5.74, 6) is 1.55. The van der Waals surface area contributed by atoms with E-state index in [0.717, 1.165) is 36.8 Å². The van der Waals surface area contributed by atoms with Gasteiger partial charge in [0.2, 0.25) is 0 Å². The van der Waals surface area contributed by atoms with E-state index in [0.29, 0.717) is 12.5 Å². The highest BCUT2D eigenvalue weighted by atomic mass is 16.5. The van der Waals surface area contributed by atoms with Crippen LogP contribution >= 0.6 is 0 Å². The lowest BCUT2D eigenvalue weighted by Crippen LogP contribution is -2.01. The molecule has 3 rings (SSSR count). The summed E-state index contributed by atoms with van der Waals surface area (Å²) >= 11 is 0. The molecule has 1 aliphatic heterocycles. The Labute approximate surface area is 105 Å². The van der Waals surface area contributed by atoms with Gasteiger partial charge >= 0.3 is 0 Å². The number of rotatable bonds is 3. The van der Waals surface area contributed by atoms with Crippen molar-refractivity contribution in [2.45, 2.75) is 32.7 Å². The van der Waals surface area contributed by atoms with Crippen molar-refractivity contribution < 1.29 is 9.26 Å². The van der Waals surface area contributed by atoms with Gasteiger partial charge in [0.15, 0.2) is 5.82 Å². The Hall–Kier alpha value is -1.69. The molecule has 2 aromatic rings. The van der Waals surface area contributed by atoms with Gasteiger partial charge < -0.3 is 9.26 Å². The molecule has 1 aliphatic rings. The van der Waals surface area contributed by atoms with Crippen LogP contribution in [0.5, 0.6) is 0 Å². The van der Waals surface area contributed by atoms with Gasteiger partial charge in [-0.3, -0.25) is 4.68 Å². The lowest BCUT2D eigenvalue weighted by atomic mass is 10.1. The Kier molecular flexibility index (Phi) is 2.87. The van der Waals surface area contributed by atoms with E-state index in [1.807, 2.05) is 24.6 Å². The molecule has 1 fully saturated rings. The molecule has 1 atom stereocenters. The summed E-state index contributed by atoms with van der Waals surface area (Å²) in [7, 11) is 0. The minimum Gasteiger partial charge on any atom is -0.381 e. The molecular formula is C12H16N4O2. The molecule has 0 spiro atoms. The van der Waals surface area contributed by atoms with Crippen LogP contribution in [0.4, 0.5) is 0 Å². The van der Waals surface area contributed by atoms with Gasteiger partial charge in [-0.2, -0.15) is 10.1 Å². The maximum atomic E-state index is 5.34. The summed E-state index contributed by atoms with van der Waals surface area (Å²) in [6, 6.07) is 1.96. The number of aromatic nitrogens is 4. The van der Waals surface area contributed by atoms with Crippen LogP contribution in [-0.4, -0.2) is 33.1 Å². The first-order valence-electron chi connectivity index (χ1n) is 6.24. The Morgan fingerprint density at radius 3 is 3.11 bits per heavy atom. The Morgan fingerprint density at radius 1 is 1.50 bits per heavy atom. The minimum atomic E-state index is 0.265. The van der Waals surface area contributed by atoms with E-state index in [2.05, 4.69) is 15.2 Å². The van der Waals surface area contributed by atoms with Gasteiger partial charge in [0.05, 0.1) is 12.3 Å². The molecule has 6 heteroatoms. The number of hydrogen-bond donors (Lipinski definition) is 0. The predicted octanol–water partition coefficient (Wildman–Crippen LogP) is 1.77. The van der Waals surface area contributed by atoms with E-state index in [9.17, 15) is 0 Å². The second-order valence-corrected chi connectivity index (χ2v) is 4.50. The molecule has 0 saturated carbocycles. The van der Waals surface area contributed by atoms with Crippen LogP contribution in [0.3, 0.4) is 0 Å². The highest BCUT2D eigenvalue weighted by Crippen LogP contribution is 2.25. The molecule has 6 nitrogen and oxygen atoms in total. The zero-order valence-electron chi connectivity index (χ0n) is 10.6. The van der Waals surface area contributed by atoms with E-state index in [1.54, 1.807) is 0 Å². The molecule has 0 aromatic carbocycles. The zero-order valence-corrected chi connectivity index (χ0v) is 10.6. The third-order valence-electron chi connectivity index (χ3n) is 3.16. The molecular weight excluding hydrogens is 232 g/mol. The van der Waals surface area contributed by atoms with Crippen LogP contribution in [0.15, 0.2) is 10.6 Å². The maximum Gasteiger partial charge on any atom is 0.276 e. The number of ether oxygens (including phenoxy) is 1. The number of hydrogen-bond acceptors (Lipinski definition) is 5. The fourth-order valence-electron chi connectivity index (χ4n) is 2.20. The molecule has 2 aromatic heterocycles. The van der Waals surface area contributed by atoms with Gasteiger partial charge in [-0.25, -0.2) is 0 Å². The highest BCUT2D eigenvalue weighted by Gasteiger charge is 2.24. The van der Waals surface area contributed by atoms with Crippen molar-refractivity contribution in [1.82, 2.24) is 19.9 Å². The molecule has 0 N–H and O–H groups in total. The second-order valence-electron chi connectivity index (χ2n) is 4.50. The van der Waals surface area contributed by atoms with Crippen LogP contribution in [0.1, 0.15) is 30.8 Å². The number of nitrogens with zero attached hydrogens (tertiary/aromatic N) is 4. The summed E-state index contributed by atoms with van der Waals surface area (Å²) in [6.07, 6.45) is 0.963. The van der Waals surface area contributed by atoms with Crippen molar-refractivity contribution in [3.63, 3.8) is 0 Å². The van der Waals surface area contributed by atoms with Gasteiger partial charge in [0.1, 0.15) is 5.69 Å². The van der Waals surface area contributed by atoms with Crippen molar-refractivity contribution >= 4 is 0 Å². The van der Waals surface area contributed by atoms with Gasteiger partial charge in [-0.1, -0.05) is 5.16 Å². The SMILES string of the molecule is CCn1nc(C)cc1-c1nc([C@@H]2CCOC2)no1. The Balaban J connectivity index is 1.92. The van der Waals surface area contributed by atoms with Crippen LogP contribution in [0.25, 0.3) is 11.6 Å². The monoisotopic (exact) mass is 248 g/mol. The summed E-state index contributed by atoms with van der Waals surface area (Å²) < 4.78 is 12.6. The predicted molar refractivity (Wildman–Crippen MR) is 64.1 cm³/mol. The zero-order chi connectivity index (χ0) is 12.5. The number of aryl methyl sites for hydroxylation is 2. The van der Waals surface area contributed by atoms with E-state index >= 15 is 0 Å². The van der Waals surface area contributed by atoms with Crippen LogP contribution in [0, 0.1) is 6.92 Å². The van der Waals surface area contributed by atoms with E-state index in [4.69, 9.17) is 9.26 Å². The minimum absolute atomic E-state index is 0.265. The van der Waals surface area contributed by atoms with E-state index < -0.39 is 0 Å². The standard InChI is InChI=1S/C12H16N4O2/c1-3-16-10(6-8(2)14-16)12-13-11(15-18-12)9-4-5-17-7-9/h6,9H,3-5,7H2,1-2H3/t9-/m1/s1. The van der Waals surface area contributed by atoms with Crippen LogP contribution in [-0.2, 0) is 11.3 Å². The average molecular weight is 248 g/mol. The summed E-state index contributed by atoms with van der Waals surface area (Å²) in [5.41, 5.74) is 1.84. The molecule has 96 valence electrons. The Morgan fingerprint density at radius 2 is 2.39 bits per heavy atom. The smallest absolute Gasteiger partial charge is 0.276 e. The third kappa shape index (κ3) is 1.92. The molecule has 18 heavy (non-hydrogen) atoms. The van der Waals surface area contributed by atoms with Crippen molar-refractivity contribution in [3.8, 4) is 11.6 Å². The Bertz CT molecular complexity index is 540. The van der Waals surface area contributed by atoms with Gasteiger partial charge in [0, 0.05) is 19.1 Å². The quantitative estimate of drug-likeness (QED) is 0.828. The second kappa shape index (κ2) is 4.53. The first-order valence-corrected chi connectivity index (χ1v) is 6.24. The van der Waals surface area contributed by atoms with Crippen molar-refractivity contribution in [3.05, 3.63) is 17.6 Å². The molecule has 0 aliphatic carbocycles. The molecule has 0 amide bonds. The van der Waals surface area contributed by atoms with Crippen LogP contribution in [0.2, 0.25) is 0 Å². The summed E-state index contributed by atoms with van der Waals surface area (Å²) in [4.78, 5) is 4.47. The van der Waals surface area contributed by atoms with Crippen molar-refractivity contribution in [1.29, 1.82) is 0 Å². The van der Waals surface area contributed by atoms with Gasteiger partial charge in [0.25, 0.3) is 5.89 Å². The fourth-order valence-corrected chi connectivity index (χ4v) is 2.20. The molecule has 0 unspecified atom stereocenters. The van der Waals surface area contributed by atoms with E-state index in [-0.39, 0.29) is 5.92 Å².